The molecule has 4 rings (SSSR count). The highest BCUT2D eigenvalue weighted by Gasteiger charge is 2.24. The van der Waals surface area contributed by atoms with Gasteiger partial charge in [-0.2, -0.15) is 0 Å². The zero-order valence-corrected chi connectivity index (χ0v) is 13.7. The van der Waals surface area contributed by atoms with Gasteiger partial charge in [0.15, 0.2) is 0 Å². The van der Waals surface area contributed by atoms with Crippen LogP contribution in [0, 0.1) is 6.92 Å². The Morgan fingerprint density at radius 2 is 2.26 bits per heavy atom. The monoisotopic (exact) mass is 310 g/mol. The second-order valence-corrected chi connectivity index (χ2v) is 6.52. The fraction of sp³-hybridized carbons (Fsp3) is 0.444. The first-order valence-electron chi connectivity index (χ1n) is 8.39. The third-order valence-corrected chi connectivity index (χ3v) is 5.04. The van der Waals surface area contributed by atoms with E-state index in [1.165, 1.54) is 12.0 Å². The molecule has 0 aliphatic carbocycles. The summed E-state index contributed by atoms with van der Waals surface area (Å²) < 4.78 is 1.77. The van der Waals surface area contributed by atoms with E-state index >= 15 is 0 Å². The Morgan fingerprint density at radius 1 is 1.39 bits per heavy atom. The van der Waals surface area contributed by atoms with Crippen LogP contribution in [-0.2, 0) is 6.54 Å². The van der Waals surface area contributed by atoms with E-state index in [0.717, 1.165) is 42.5 Å². The van der Waals surface area contributed by atoms with Crippen molar-refractivity contribution in [3.8, 4) is 0 Å². The lowest BCUT2D eigenvalue weighted by molar-refractivity contribution is 0.242. The zero-order valence-electron chi connectivity index (χ0n) is 13.7. The van der Waals surface area contributed by atoms with Crippen molar-refractivity contribution in [3.63, 3.8) is 0 Å². The molecule has 5 heteroatoms. The number of rotatable bonds is 3. The molecule has 0 amide bonds. The molecule has 1 aliphatic heterocycles. The van der Waals surface area contributed by atoms with Crippen LogP contribution in [-0.4, -0.2) is 38.6 Å². The van der Waals surface area contributed by atoms with Crippen LogP contribution in [0.2, 0.25) is 0 Å². The zero-order chi connectivity index (χ0) is 16.0. The number of fused-ring (bicyclic) bond motifs is 3. The van der Waals surface area contributed by atoms with Crippen LogP contribution in [0.25, 0.3) is 21.9 Å². The molecule has 0 saturated carbocycles. The number of likely N-dealkylation sites (tertiary alicyclic amines) is 1. The molecule has 0 radical (unpaired) electrons. The molecule has 1 fully saturated rings. The number of nitrogens with one attached hydrogen (secondary N) is 1. The van der Waals surface area contributed by atoms with E-state index in [4.69, 9.17) is 0 Å². The molecule has 1 atom stereocenters. The van der Waals surface area contributed by atoms with Crippen molar-refractivity contribution in [2.75, 3.05) is 13.1 Å². The van der Waals surface area contributed by atoms with Crippen LogP contribution in [0.5, 0.6) is 0 Å². The van der Waals surface area contributed by atoms with Gasteiger partial charge in [0, 0.05) is 23.5 Å². The molecule has 1 N–H and O–H groups in total. The lowest BCUT2D eigenvalue weighted by atomic mass is 10.2. The molecule has 120 valence electrons. The average molecular weight is 310 g/mol. The number of hydrogen-bond acceptors (Lipinski definition) is 3. The van der Waals surface area contributed by atoms with E-state index < -0.39 is 0 Å². The van der Waals surface area contributed by atoms with Crippen molar-refractivity contribution in [3.05, 3.63) is 40.4 Å². The summed E-state index contributed by atoms with van der Waals surface area (Å²) in [6, 6.07) is 6.61. The fourth-order valence-corrected chi connectivity index (χ4v) is 3.78. The topological polar surface area (TPSA) is 53.9 Å². The molecular weight excluding hydrogens is 288 g/mol. The summed E-state index contributed by atoms with van der Waals surface area (Å²) in [5.74, 6) is 0. The average Bonchev–Trinajstić information content (AvgIpc) is 3.13. The first-order chi connectivity index (χ1) is 11.2. The quantitative estimate of drug-likeness (QED) is 0.809. The van der Waals surface area contributed by atoms with E-state index in [1.54, 1.807) is 10.9 Å². The third-order valence-electron chi connectivity index (χ3n) is 5.04. The fourth-order valence-electron chi connectivity index (χ4n) is 3.78. The van der Waals surface area contributed by atoms with E-state index in [1.807, 2.05) is 6.07 Å². The number of H-pyrrole nitrogens is 1. The summed E-state index contributed by atoms with van der Waals surface area (Å²) >= 11 is 0. The van der Waals surface area contributed by atoms with Gasteiger partial charge in [-0.25, -0.2) is 4.98 Å². The van der Waals surface area contributed by atoms with Gasteiger partial charge < -0.3 is 4.98 Å². The van der Waals surface area contributed by atoms with Crippen LogP contribution in [0.4, 0.5) is 0 Å². The van der Waals surface area contributed by atoms with Gasteiger partial charge in [-0.05, 0) is 44.5 Å². The van der Waals surface area contributed by atoms with Crippen LogP contribution < -0.4 is 5.56 Å². The largest absolute Gasteiger partial charge is 0.349 e. The summed E-state index contributed by atoms with van der Waals surface area (Å²) in [7, 11) is 0. The van der Waals surface area contributed by atoms with Crippen molar-refractivity contribution in [2.24, 2.45) is 0 Å². The SMILES string of the molecule is CCN1CCCC1Cn1cnc2c([nH]c3cc(C)ccc32)c1=O. The maximum absolute atomic E-state index is 12.8. The smallest absolute Gasteiger partial charge is 0.277 e. The van der Waals surface area contributed by atoms with Gasteiger partial charge in [0.2, 0.25) is 0 Å². The number of aryl methyl sites for hydroxylation is 1. The van der Waals surface area contributed by atoms with E-state index in [0.29, 0.717) is 11.6 Å². The summed E-state index contributed by atoms with van der Waals surface area (Å²) in [6.45, 7) is 7.14. The van der Waals surface area contributed by atoms with Crippen LogP contribution in [0.15, 0.2) is 29.3 Å². The van der Waals surface area contributed by atoms with Gasteiger partial charge in [-0.1, -0.05) is 19.1 Å². The highest BCUT2D eigenvalue weighted by Crippen LogP contribution is 2.23. The predicted octanol–water partition coefficient (Wildman–Crippen LogP) is 2.67. The van der Waals surface area contributed by atoms with Crippen LogP contribution in [0.1, 0.15) is 25.3 Å². The number of likely N-dealkylation sites (N-methyl/N-ethyl adjacent to an activating group) is 1. The number of aromatic amines is 1. The van der Waals surface area contributed by atoms with Crippen molar-refractivity contribution in [2.45, 2.75) is 39.3 Å². The Kier molecular flexibility index (Phi) is 3.45. The Bertz CT molecular complexity index is 924. The standard InChI is InChI=1S/C18H22N4O/c1-3-21-8-4-5-13(21)10-22-11-19-16-14-7-6-12(2)9-15(14)20-17(16)18(22)23/h6-7,9,11,13,20H,3-5,8,10H2,1-2H3. The number of nitrogens with zero attached hydrogens (tertiary/aromatic N) is 3. The predicted molar refractivity (Wildman–Crippen MR) is 92.9 cm³/mol. The van der Waals surface area contributed by atoms with Crippen molar-refractivity contribution >= 4 is 21.9 Å². The Hall–Kier alpha value is -2.14. The summed E-state index contributed by atoms with van der Waals surface area (Å²) in [4.78, 5) is 23.1. The van der Waals surface area contributed by atoms with Crippen molar-refractivity contribution < 1.29 is 0 Å². The van der Waals surface area contributed by atoms with Gasteiger partial charge in [0.25, 0.3) is 5.56 Å². The van der Waals surface area contributed by atoms with E-state index in [-0.39, 0.29) is 5.56 Å². The molecule has 1 aliphatic rings. The van der Waals surface area contributed by atoms with Crippen molar-refractivity contribution in [1.29, 1.82) is 0 Å². The normalized spacial score (nSPS) is 19.1. The first-order valence-corrected chi connectivity index (χ1v) is 8.39. The maximum atomic E-state index is 12.8. The second-order valence-electron chi connectivity index (χ2n) is 6.52. The van der Waals surface area contributed by atoms with E-state index in [2.05, 4.69) is 40.8 Å². The first kappa shape index (κ1) is 14.5. The van der Waals surface area contributed by atoms with Gasteiger partial charge in [0.1, 0.15) is 11.0 Å². The minimum absolute atomic E-state index is 0.0341. The molecule has 0 spiro atoms. The van der Waals surface area contributed by atoms with Crippen LogP contribution in [0.3, 0.4) is 0 Å². The van der Waals surface area contributed by atoms with Gasteiger partial charge in [0.05, 0.1) is 6.33 Å². The van der Waals surface area contributed by atoms with Gasteiger partial charge >= 0.3 is 0 Å². The minimum Gasteiger partial charge on any atom is -0.349 e. The second kappa shape index (κ2) is 5.49. The minimum atomic E-state index is 0.0341. The number of hydrogen-bond donors (Lipinski definition) is 1. The molecule has 1 aromatic carbocycles. The molecule has 0 bridgehead atoms. The van der Waals surface area contributed by atoms with Crippen LogP contribution >= 0.6 is 0 Å². The Balaban J connectivity index is 1.78. The summed E-state index contributed by atoms with van der Waals surface area (Å²) in [5, 5.41) is 1.02. The Labute approximate surface area is 134 Å². The molecule has 2 aromatic heterocycles. The summed E-state index contributed by atoms with van der Waals surface area (Å²) in [6.07, 6.45) is 4.09. The lowest BCUT2D eigenvalue weighted by Crippen LogP contribution is -2.36. The number of benzene rings is 1. The maximum Gasteiger partial charge on any atom is 0.277 e. The Morgan fingerprint density at radius 3 is 3.09 bits per heavy atom. The number of aromatic nitrogens is 3. The molecule has 3 heterocycles. The third kappa shape index (κ3) is 2.36. The lowest BCUT2D eigenvalue weighted by Gasteiger charge is -2.23. The van der Waals surface area contributed by atoms with Gasteiger partial charge in [-0.15, -0.1) is 0 Å². The molecule has 3 aromatic rings. The van der Waals surface area contributed by atoms with Crippen molar-refractivity contribution in [1.82, 2.24) is 19.4 Å². The molecule has 1 unspecified atom stereocenters. The molecule has 23 heavy (non-hydrogen) atoms. The van der Waals surface area contributed by atoms with Gasteiger partial charge in [-0.3, -0.25) is 14.3 Å². The highest BCUT2D eigenvalue weighted by atomic mass is 16.1. The van der Waals surface area contributed by atoms with E-state index in [9.17, 15) is 4.79 Å². The molecule has 5 nitrogen and oxygen atoms in total. The molecular formula is C18H22N4O. The summed E-state index contributed by atoms with van der Waals surface area (Å²) in [5.41, 5.74) is 3.59. The highest BCUT2D eigenvalue weighted by molar-refractivity contribution is 6.04. The molecule has 1 saturated heterocycles.